The third kappa shape index (κ3) is 6.04. The molecule has 0 amide bonds. The van der Waals surface area contributed by atoms with E-state index in [1.54, 1.807) is 0 Å². The summed E-state index contributed by atoms with van der Waals surface area (Å²) in [6, 6.07) is 18.1. The van der Waals surface area contributed by atoms with Gasteiger partial charge in [-0.1, -0.05) is 0 Å². The van der Waals surface area contributed by atoms with E-state index in [1.165, 1.54) is 18.3 Å². The maximum absolute atomic E-state index is 12.3. The predicted molar refractivity (Wildman–Crippen MR) is 101 cm³/mol. The third-order valence-corrected chi connectivity index (χ3v) is 6.69. The van der Waals surface area contributed by atoms with E-state index >= 15 is 0 Å². The number of benzene rings is 3. The van der Waals surface area contributed by atoms with Crippen LogP contribution >= 0.6 is 0 Å². The monoisotopic (exact) mass is 515 g/mol. The Labute approximate surface area is 178 Å². The molecular weight excluding hydrogens is 497 g/mol. The van der Waals surface area contributed by atoms with Gasteiger partial charge < -0.3 is 0 Å². The van der Waals surface area contributed by atoms with Crippen molar-refractivity contribution in [3.05, 3.63) is 95.9 Å². The van der Waals surface area contributed by atoms with Crippen molar-refractivity contribution < 1.29 is 43.2 Å². The number of rotatable bonds is 3. The summed E-state index contributed by atoms with van der Waals surface area (Å²) in [7, 11) is 4.56. The van der Waals surface area contributed by atoms with Crippen molar-refractivity contribution in [3.63, 3.8) is 0 Å². The zero-order valence-electron chi connectivity index (χ0n) is 16.0. The molecule has 0 aliphatic rings. The number of hydrogen-bond donors (Lipinski definition) is 0. The second-order valence-electron chi connectivity index (χ2n) is 6.58. The Bertz CT molecular complexity index is 865. The van der Waals surface area contributed by atoms with E-state index in [9.17, 15) is 22.0 Å². The van der Waals surface area contributed by atoms with Crippen LogP contribution in [-0.4, -0.2) is 7.85 Å². The molecule has 0 nitrogen and oxygen atoms in total. The van der Waals surface area contributed by atoms with Crippen molar-refractivity contribution in [2.45, 2.75) is 26.7 Å². The minimum atomic E-state index is -2.21. The molecule has 0 unspecified atom stereocenters. The van der Waals surface area contributed by atoms with Gasteiger partial charge in [-0.05, 0) is 5.46 Å². The van der Waals surface area contributed by atoms with Crippen molar-refractivity contribution in [3.8, 4) is 0 Å². The van der Waals surface area contributed by atoms with Gasteiger partial charge in [-0.15, -0.1) is 0 Å². The Kier molecular flexibility index (Phi) is 8.25. The summed E-state index contributed by atoms with van der Waals surface area (Å²) < 4.78 is 64.1. The van der Waals surface area contributed by atoms with Gasteiger partial charge in [0.1, 0.15) is 7.85 Å². The van der Waals surface area contributed by atoms with Gasteiger partial charge in [0.15, 0.2) is 29.1 Å². The van der Waals surface area contributed by atoms with Crippen molar-refractivity contribution in [2.75, 3.05) is 0 Å². The molecule has 0 bridgehead atoms. The topological polar surface area (TPSA) is 0 Å². The zero-order chi connectivity index (χ0) is 21.7. The first kappa shape index (κ1) is 23.4. The first-order valence-electron chi connectivity index (χ1n) is 8.70. The summed E-state index contributed by atoms with van der Waals surface area (Å²) in [5.41, 5.74) is 1.40. The second-order valence-corrected chi connectivity index (χ2v) is 9.61. The molecule has 0 N–H and O–H groups in total. The molecule has 3 aromatic carbocycles. The van der Waals surface area contributed by atoms with Crippen molar-refractivity contribution >= 4 is 13.3 Å². The predicted octanol–water partition coefficient (Wildman–Crippen LogP) is 2.42. The largest absolute Gasteiger partial charge is 0.204 e. The summed E-state index contributed by atoms with van der Waals surface area (Å²) in [6.07, 6.45) is 0. The fourth-order valence-corrected chi connectivity index (χ4v) is 4.41. The number of hydrogen-bond acceptors (Lipinski definition) is 0. The van der Waals surface area contributed by atoms with Crippen molar-refractivity contribution in [1.29, 1.82) is 0 Å². The van der Waals surface area contributed by atoms with Gasteiger partial charge in [0.05, 0.1) is 0 Å². The van der Waals surface area contributed by atoms with Gasteiger partial charge in [-0.25, -0.2) is 22.0 Å². The molecule has 0 saturated heterocycles. The van der Waals surface area contributed by atoms with E-state index in [0.29, 0.717) is 5.92 Å². The summed E-state index contributed by atoms with van der Waals surface area (Å²) in [4.78, 5) is 0. The van der Waals surface area contributed by atoms with Crippen LogP contribution in [0.15, 0.2) is 48.5 Å². The van der Waals surface area contributed by atoms with Crippen LogP contribution in [0.1, 0.15) is 30.9 Å². The SMILES string of the molecule is Cc1ccc([I-]c2ccc(C(C)C)cc2)cc1.[B]c1c(F)c(F)c(F)c(F)c1F. The van der Waals surface area contributed by atoms with Crippen LogP contribution in [0.2, 0.25) is 0 Å². The fraction of sp³-hybridized carbons (Fsp3) is 0.182. The number of halogens is 6. The van der Waals surface area contributed by atoms with E-state index in [4.69, 9.17) is 0 Å². The molecule has 0 aliphatic heterocycles. The Morgan fingerprint density at radius 2 is 1.03 bits per heavy atom. The van der Waals surface area contributed by atoms with E-state index in [-0.39, 0.29) is 21.2 Å². The summed E-state index contributed by atoms with van der Waals surface area (Å²) in [5, 5.41) is 0. The molecule has 0 fully saturated rings. The molecule has 0 atom stereocenters. The van der Waals surface area contributed by atoms with E-state index in [2.05, 4.69) is 77.1 Å². The molecular formula is C22H18BF5I-. The molecule has 29 heavy (non-hydrogen) atoms. The molecule has 0 aliphatic carbocycles. The standard InChI is InChI=1S/C16H18I.C6BF5/c1-12(2)14-6-10-16(11-7-14)17-15-8-4-13(3)5-9-15;7-1-2(8)4(10)6(12)5(11)3(1)9/h4-12H,1-3H3;/q-1;. The Balaban J connectivity index is 0.000000221. The fourth-order valence-electron chi connectivity index (χ4n) is 2.25. The van der Waals surface area contributed by atoms with E-state index in [1.807, 2.05) is 0 Å². The first-order chi connectivity index (χ1) is 13.6. The Morgan fingerprint density at radius 3 is 1.45 bits per heavy atom. The summed E-state index contributed by atoms with van der Waals surface area (Å²) in [5.74, 6) is -9.67. The van der Waals surface area contributed by atoms with Crippen molar-refractivity contribution in [1.82, 2.24) is 0 Å². The second kappa shape index (κ2) is 10.2. The number of aryl methyl sites for hydroxylation is 1. The molecule has 0 heterocycles. The molecule has 0 spiro atoms. The van der Waals surface area contributed by atoms with Crippen LogP contribution in [0.5, 0.6) is 0 Å². The van der Waals surface area contributed by atoms with Crippen LogP contribution in [0.25, 0.3) is 0 Å². The van der Waals surface area contributed by atoms with E-state index < -0.39 is 34.5 Å². The van der Waals surface area contributed by atoms with Crippen molar-refractivity contribution in [2.24, 2.45) is 0 Å². The van der Waals surface area contributed by atoms with Gasteiger partial charge in [0.25, 0.3) is 0 Å². The minimum Gasteiger partial charge on any atom is -0.204 e. The molecule has 0 saturated carbocycles. The Morgan fingerprint density at radius 1 is 0.655 bits per heavy atom. The third-order valence-electron chi connectivity index (χ3n) is 4.01. The van der Waals surface area contributed by atoms with Crippen LogP contribution < -0.4 is 26.7 Å². The molecule has 2 radical (unpaired) electrons. The van der Waals surface area contributed by atoms with Crippen LogP contribution in [-0.2, 0) is 0 Å². The molecule has 7 heteroatoms. The van der Waals surface area contributed by atoms with E-state index in [0.717, 1.165) is 0 Å². The molecule has 3 rings (SSSR count). The molecule has 0 aromatic heterocycles. The van der Waals surface area contributed by atoms with Gasteiger partial charge in [-0.2, -0.15) is 0 Å². The zero-order valence-corrected chi connectivity index (χ0v) is 18.2. The molecule has 3 aromatic rings. The van der Waals surface area contributed by atoms with Gasteiger partial charge >= 0.3 is 115 Å². The minimum absolute atomic E-state index is 0.0167. The van der Waals surface area contributed by atoms with Crippen LogP contribution in [0.3, 0.4) is 0 Å². The summed E-state index contributed by atoms with van der Waals surface area (Å²) in [6.45, 7) is 6.62. The maximum Gasteiger partial charge on any atom is 0.200 e. The van der Waals surface area contributed by atoms with Gasteiger partial charge in [0, 0.05) is 0 Å². The maximum atomic E-state index is 12.3. The van der Waals surface area contributed by atoms with Gasteiger partial charge in [0.2, 0.25) is 0 Å². The van der Waals surface area contributed by atoms with Crippen LogP contribution in [0, 0.1) is 43.2 Å². The smallest absolute Gasteiger partial charge is 0.200 e. The van der Waals surface area contributed by atoms with Crippen LogP contribution in [0.4, 0.5) is 22.0 Å². The molecule has 152 valence electrons. The average molecular weight is 515 g/mol. The quantitative estimate of drug-likeness (QED) is 0.166. The Hall–Kier alpha value is -1.90. The first-order valence-corrected chi connectivity index (χ1v) is 10.9. The average Bonchev–Trinajstić information content (AvgIpc) is 2.72. The summed E-state index contributed by atoms with van der Waals surface area (Å²) >= 11 is -0.0167. The van der Waals surface area contributed by atoms with Gasteiger partial charge in [-0.3, -0.25) is 0 Å². The normalized spacial score (nSPS) is 10.8.